The molecule has 112 valence electrons. The Morgan fingerprint density at radius 2 is 2.10 bits per heavy atom. The first-order valence-corrected chi connectivity index (χ1v) is 6.99. The highest BCUT2D eigenvalue weighted by molar-refractivity contribution is 5.75. The van der Waals surface area contributed by atoms with E-state index in [-0.39, 0.29) is 12.5 Å². The predicted molar refractivity (Wildman–Crippen MR) is 78.3 cm³/mol. The van der Waals surface area contributed by atoms with Crippen LogP contribution in [-0.4, -0.2) is 43.4 Å². The second kappa shape index (κ2) is 10.4. The van der Waals surface area contributed by atoms with E-state index in [2.05, 4.69) is 10.6 Å². The molecule has 1 aromatic carbocycles. The molecule has 0 aromatic heterocycles. The summed E-state index contributed by atoms with van der Waals surface area (Å²) >= 11 is 0. The summed E-state index contributed by atoms with van der Waals surface area (Å²) in [6.07, 6.45) is -0.140. The van der Waals surface area contributed by atoms with Gasteiger partial charge in [0.25, 0.3) is 0 Å². The zero-order valence-electron chi connectivity index (χ0n) is 12.0. The van der Waals surface area contributed by atoms with Crippen molar-refractivity contribution in [2.75, 3.05) is 26.2 Å². The van der Waals surface area contributed by atoms with Gasteiger partial charge >= 0.3 is 0 Å². The molecule has 0 radical (unpaired) electrons. The van der Waals surface area contributed by atoms with Crippen LogP contribution in [0.5, 0.6) is 0 Å². The van der Waals surface area contributed by atoms with Gasteiger partial charge in [-0.15, -0.1) is 0 Å². The maximum atomic E-state index is 11.2. The Kier molecular flexibility index (Phi) is 8.62. The molecule has 0 heterocycles. The molecule has 0 spiro atoms. The standard InChI is InChI=1S/C15H24N2O3/c1-2-17-15(19)8-9-16-10-14(18)12-20-11-13-6-4-3-5-7-13/h3-7,14,16,18H,2,8-12H2,1H3,(H,17,19). The van der Waals surface area contributed by atoms with E-state index in [0.29, 0.717) is 32.7 Å². The molecule has 0 saturated heterocycles. The number of carbonyl (C=O) groups is 1. The number of amides is 1. The number of aliphatic hydroxyl groups is 1. The Morgan fingerprint density at radius 1 is 1.35 bits per heavy atom. The minimum absolute atomic E-state index is 0.0230. The fourth-order valence-corrected chi connectivity index (χ4v) is 1.70. The zero-order chi connectivity index (χ0) is 14.6. The van der Waals surface area contributed by atoms with Crippen LogP contribution in [0.25, 0.3) is 0 Å². The topological polar surface area (TPSA) is 70.6 Å². The third-order valence-electron chi connectivity index (χ3n) is 2.70. The van der Waals surface area contributed by atoms with E-state index in [4.69, 9.17) is 4.74 Å². The molecule has 5 nitrogen and oxygen atoms in total. The second-order valence-electron chi connectivity index (χ2n) is 4.56. The monoisotopic (exact) mass is 280 g/mol. The molecule has 0 aliphatic heterocycles. The SMILES string of the molecule is CCNC(=O)CCNCC(O)COCc1ccccc1. The van der Waals surface area contributed by atoms with Crippen LogP contribution in [0.4, 0.5) is 0 Å². The number of benzene rings is 1. The molecule has 0 fully saturated rings. The summed E-state index contributed by atoms with van der Waals surface area (Å²) in [5, 5.41) is 15.5. The summed E-state index contributed by atoms with van der Waals surface area (Å²) in [7, 11) is 0. The molecule has 1 unspecified atom stereocenters. The van der Waals surface area contributed by atoms with E-state index in [1.165, 1.54) is 0 Å². The molecule has 5 heteroatoms. The van der Waals surface area contributed by atoms with E-state index in [1.807, 2.05) is 37.3 Å². The molecule has 20 heavy (non-hydrogen) atoms. The van der Waals surface area contributed by atoms with Crippen LogP contribution in [0.3, 0.4) is 0 Å². The van der Waals surface area contributed by atoms with Gasteiger partial charge in [0, 0.05) is 26.1 Å². The number of hydrogen-bond donors (Lipinski definition) is 3. The van der Waals surface area contributed by atoms with E-state index < -0.39 is 6.10 Å². The first-order valence-electron chi connectivity index (χ1n) is 6.99. The van der Waals surface area contributed by atoms with Gasteiger partial charge in [0.15, 0.2) is 0 Å². The van der Waals surface area contributed by atoms with Gasteiger partial charge in [0.05, 0.1) is 19.3 Å². The van der Waals surface area contributed by atoms with Crippen LogP contribution in [0, 0.1) is 0 Å². The second-order valence-corrected chi connectivity index (χ2v) is 4.56. The van der Waals surface area contributed by atoms with Crippen molar-refractivity contribution in [3.63, 3.8) is 0 Å². The van der Waals surface area contributed by atoms with Crippen LogP contribution in [0.15, 0.2) is 30.3 Å². The van der Waals surface area contributed by atoms with Crippen molar-refractivity contribution in [3.05, 3.63) is 35.9 Å². The van der Waals surface area contributed by atoms with Crippen molar-refractivity contribution in [2.45, 2.75) is 26.1 Å². The Hall–Kier alpha value is -1.43. The predicted octanol–water partition coefficient (Wildman–Crippen LogP) is 0.680. The van der Waals surface area contributed by atoms with Gasteiger partial charge < -0.3 is 20.5 Å². The third-order valence-corrected chi connectivity index (χ3v) is 2.70. The van der Waals surface area contributed by atoms with E-state index in [9.17, 15) is 9.90 Å². The molecule has 1 amide bonds. The normalized spacial score (nSPS) is 12.1. The highest BCUT2D eigenvalue weighted by atomic mass is 16.5. The summed E-state index contributed by atoms with van der Waals surface area (Å²) in [6, 6.07) is 9.83. The van der Waals surface area contributed by atoms with Crippen molar-refractivity contribution in [1.82, 2.24) is 10.6 Å². The lowest BCUT2D eigenvalue weighted by Gasteiger charge is -2.12. The molecular formula is C15H24N2O3. The van der Waals surface area contributed by atoms with Crippen molar-refractivity contribution >= 4 is 5.91 Å². The molecule has 1 aromatic rings. The minimum atomic E-state index is -0.562. The minimum Gasteiger partial charge on any atom is -0.389 e. The molecule has 0 saturated carbocycles. The molecule has 3 N–H and O–H groups in total. The van der Waals surface area contributed by atoms with Gasteiger partial charge in [0.2, 0.25) is 5.91 Å². The van der Waals surface area contributed by atoms with Crippen LogP contribution in [0.2, 0.25) is 0 Å². The van der Waals surface area contributed by atoms with Crippen molar-refractivity contribution in [2.24, 2.45) is 0 Å². The smallest absolute Gasteiger partial charge is 0.221 e. The van der Waals surface area contributed by atoms with Gasteiger partial charge in [0.1, 0.15) is 0 Å². The van der Waals surface area contributed by atoms with Gasteiger partial charge in [-0.25, -0.2) is 0 Å². The fourth-order valence-electron chi connectivity index (χ4n) is 1.70. The average Bonchev–Trinajstić information content (AvgIpc) is 2.45. The van der Waals surface area contributed by atoms with Crippen LogP contribution in [0.1, 0.15) is 18.9 Å². The zero-order valence-corrected chi connectivity index (χ0v) is 12.0. The van der Waals surface area contributed by atoms with Gasteiger partial charge in [-0.2, -0.15) is 0 Å². The van der Waals surface area contributed by atoms with Crippen molar-refractivity contribution < 1.29 is 14.6 Å². The Morgan fingerprint density at radius 3 is 2.80 bits per heavy atom. The largest absolute Gasteiger partial charge is 0.389 e. The van der Waals surface area contributed by atoms with Crippen LogP contribution < -0.4 is 10.6 Å². The summed E-state index contributed by atoms with van der Waals surface area (Å²) < 4.78 is 5.43. The van der Waals surface area contributed by atoms with Gasteiger partial charge in [-0.1, -0.05) is 30.3 Å². The summed E-state index contributed by atoms with van der Waals surface area (Å²) in [4.78, 5) is 11.2. The van der Waals surface area contributed by atoms with E-state index in [1.54, 1.807) is 0 Å². The number of carbonyl (C=O) groups excluding carboxylic acids is 1. The number of rotatable bonds is 10. The molecule has 0 aliphatic carbocycles. The summed E-state index contributed by atoms with van der Waals surface area (Å²) in [6.45, 7) is 4.30. The number of nitrogens with one attached hydrogen (secondary N) is 2. The van der Waals surface area contributed by atoms with Gasteiger partial charge in [-0.3, -0.25) is 4.79 Å². The highest BCUT2D eigenvalue weighted by Gasteiger charge is 2.05. The number of ether oxygens (including phenoxy) is 1. The number of aliphatic hydroxyl groups excluding tert-OH is 1. The molecule has 0 aliphatic rings. The van der Waals surface area contributed by atoms with Crippen LogP contribution >= 0.6 is 0 Å². The van der Waals surface area contributed by atoms with Crippen molar-refractivity contribution in [3.8, 4) is 0 Å². The fraction of sp³-hybridized carbons (Fsp3) is 0.533. The molecule has 1 atom stereocenters. The lowest BCUT2D eigenvalue weighted by molar-refractivity contribution is -0.120. The average molecular weight is 280 g/mol. The maximum Gasteiger partial charge on any atom is 0.221 e. The molecular weight excluding hydrogens is 256 g/mol. The van der Waals surface area contributed by atoms with Gasteiger partial charge in [-0.05, 0) is 12.5 Å². The third kappa shape index (κ3) is 7.89. The Balaban J connectivity index is 2.00. The summed E-state index contributed by atoms with van der Waals surface area (Å²) in [5.41, 5.74) is 1.09. The lowest BCUT2D eigenvalue weighted by Crippen LogP contribution is -2.33. The lowest BCUT2D eigenvalue weighted by atomic mass is 10.2. The number of hydrogen-bond acceptors (Lipinski definition) is 4. The maximum absolute atomic E-state index is 11.2. The Labute approximate surface area is 120 Å². The van der Waals surface area contributed by atoms with Crippen LogP contribution in [-0.2, 0) is 16.1 Å². The van der Waals surface area contributed by atoms with E-state index in [0.717, 1.165) is 5.56 Å². The molecule has 1 rings (SSSR count). The first kappa shape index (κ1) is 16.6. The van der Waals surface area contributed by atoms with Crippen molar-refractivity contribution in [1.29, 1.82) is 0 Å². The molecule has 0 bridgehead atoms. The Bertz CT molecular complexity index is 371. The van der Waals surface area contributed by atoms with E-state index >= 15 is 0 Å². The first-order chi connectivity index (χ1) is 9.72. The summed E-state index contributed by atoms with van der Waals surface area (Å²) in [5.74, 6) is 0.0230. The highest BCUT2D eigenvalue weighted by Crippen LogP contribution is 2.00. The quantitative estimate of drug-likeness (QED) is 0.551.